The zero-order valence-corrected chi connectivity index (χ0v) is 17.4. The Hall–Kier alpha value is -4.05. The minimum atomic E-state index is -0.466. The lowest BCUT2D eigenvalue weighted by Crippen LogP contribution is -2.13. The van der Waals surface area contributed by atoms with Gasteiger partial charge >= 0.3 is 5.97 Å². The van der Waals surface area contributed by atoms with Gasteiger partial charge in [0, 0.05) is 36.0 Å². The molecule has 0 bridgehead atoms. The Labute approximate surface area is 180 Å². The number of rotatable bonds is 5. The van der Waals surface area contributed by atoms with Gasteiger partial charge in [-0.2, -0.15) is 4.98 Å². The van der Waals surface area contributed by atoms with Gasteiger partial charge in [-0.1, -0.05) is 18.2 Å². The Kier molecular flexibility index (Phi) is 5.46. The molecule has 0 radical (unpaired) electrons. The average Bonchev–Trinajstić information content (AvgIpc) is 3.28. The van der Waals surface area contributed by atoms with E-state index in [1.807, 2.05) is 17.5 Å². The normalized spacial score (nSPS) is 10.6. The molecule has 2 amide bonds. The van der Waals surface area contributed by atoms with E-state index in [2.05, 4.69) is 20.7 Å². The van der Waals surface area contributed by atoms with Gasteiger partial charge in [0.2, 0.25) is 10.9 Å². The molecule has 0 saturated heterocycles. The summed E-state index contributed by atoms with van der Waals surface area (Å²) in [4.78, 5) is 39.8. The summed E-state index contributed by atoms with van der Waals surface area (Å²) in [6.07, 6.45) is 0. The molecule has 4 aromatic rings. The Bertz CT molecular complexity index is 1290. The summed E-state index contributed by atoms with van der Waals surface area (Å²) in [5.74, 6) is -0.588. The van der Waals surface area contributed by atoms with Gasteiger partial charge < -0.3 is 10.1 Å². The molecule has 10 heteroatoms. The van der Waals surface area contributed by atoms with Gasteiger partial charge in [-0.3, -0.25) is 19.7 Å². The van der Waals surface area contributed by atoms with Gasteiger partial charge in [0.25, 0.3) is 11.9 Å². The second-order valence-corrected chi connectivity index (χ2v) is 7.42. The molecule has 31 heavy (non-hydrogen) atoms. The van der Waals surface area contributed by atoms with Crippen LogP contribution in [-0.2, 0) is 9.59 Å². The van der Waals surface area contributed by atoms with Crippen LogP contribution in [0.3, 0.4) is 0 Å². The molecule has 156 valence electrons. The van der Waals surface area contributed by atoms with E-state index in [1.165, 1.54) is 31.3 Å². The van der Waals surface area contributed by atoms with Crippen LogP contribution in [0.1, 0.15) is 24.2 Å². The molecule has 0 aliphatic carbocycles. The lowest BCUT2D eigenvalue weighted by atomic mass is 10.1. The summed E-state index contributed by atoms with van der Waals surface area (Å²) in [5.41, 5.74) is 2.70. The van der Waals surface area contributed by atoms with Crippen molar-refractivity contribution in [2.75, 3.05) is 10.6 Å². The van der Waals surface area contributed by atoms with E-state index in [0.29, 0.717) is 16.2 Å². The average molecular weight is 435 g/mol. The van der Waals surface area contributed by atoms with E-state index in [-0.39, 0.29) is 17.6 Å². The van der Waals surface area contributed by atoms with Crippen molar-refractivity contribution in [3.8, 4) is 17.0 Å². The second kappa shape index (κ2) is 8.36. The minimum absolute atomic E-state index is 0.138. The molecule has 4 rings (SSSR count). The first-order valence-electron chi connectivity index (χ1n) is 9.21. The van der Waals surface area contributed by atoms with Crippen molar-refractivity contribution >= 4 is 45.7 Å². The highest BCUT2D eigenvalue weighted by Gasteiger charge is 2.15. The number of anilines is 2. The molecular formula is C21H17N5O4S. The number of carbonyl (C=O) groups excluding carboxylic acids is 3. The topological polar surface area (TPSA) is 115 Å². The van der Waals surface area contributed by atoms with Crippen molar-refractivity contribution in [2.24, 2.45) is 0 Å². The maximum atomic E-state index is 12.6. The van der Waals surface area contributed by atoms with Crippen LogP contribution < -0.4 is 15.4 Å². The Morgan fingerprint density at radius 3 is 2.52 bits per heavy atom. The molecule has 2 N–H and O–H groups in total. The molecule has 0 aliphatic heterocycles. The largest absolute Gasteiger partial charge is 0.427 e. The summed E-state index contributed by atoms with van der Waals surface area (Å²) < 4.78 is 6.65. The number of nitrogens with zero attached hydrogens (tertiary/aromatic N) is 3. The summed E-state index contributed by atoms with van der Waals surface area (Å²) in [6.45, 7) is 2.74. The Morgan fingerprint density at radius 2 is 1.81 bits per heavy atom. The molecule has 0 spiro atoms. The first kappa shape index (κ1) is 20.2. The van der Waals surface area contributed by atoms with Crippen molar-refractivity contribution in [3.05, 3.63) is 59.5 Å². The van der Waals surface area contributed by atoms with Crippen molar-refractivity contribution in [1.82, 2.24) is 14.6 Å². The number of thiazole rings is 1. The number of hydrogen-bond acceptors (Lipinski definition) is 7. The van der Waals surface area contributed by atoms with E-state index >= 15 is 0 Å². The first-order valence-corrected chi connectivity index (χ1v) is 10.1. The van der Waals surface area contributed by atoms with Crippen molar-refractivity contribution in [3.63, 3.8) is 0 Å². The summed E-state index contributed by atoms with van der Waals surface area (Å²) in [6, 6.07) is 13.6. The molecular weight excluding hydrogens is 418 g/mol. The Morgan fingerprint density at radius 1 is 1.03 bits per heavy atom. The fourth-order valence-electron chi connectivity index (χ4n) is 2.90. The number of amides is 2. The zero-order valence-electron chi connectivity index (χ0n) is 16.6. The van der Waals surface area contributed by atoms with Gasteiger partial charge in [0.05, 0.1) is 5.69 Å². The number of aromatic nitrogens is 3. The van der Waals surface area contributed by atoms with Crippen LogP contribution in [0.15, 0.2) is 53.9 Å². The quantitative estimate of drug-likeness (QED) is 0.366. The smallest absolute Gasteiger partial charge is 0.308 e. The minimum Gasteiger partial charge on any atom is -0.427 e. The lowest BCUT2D eigenvalue weighted by molar-refractivity contribution is -0.131. The highest BCUT2D eigenvalue weighted by Crippen LogP contribution is 2.27. The molecule has 2 aromatic carbocycles. The molecule has 0 aliphatic rings. The van der Waals surface area contributed by atoms with Crippen molar-refractivity contribution in [1.29, 1.82) is 0 Å². The molecule has 2 aromatic heterocycles. The predicted molar refractivity (Wildman–Crippen MR) is 116 cm³/mol. The maximum absolute atomic E-state index is 12.6. The standard InChI is InChI=1S/C21H17N5O4S/c1-12(27)22-16-8-6-14(7-9-16)18-11-31-21-24-20(25-26(18)21)23-19(29)15-4-3-5-17(10-15)30-13(2)28/h3-11H,1-2H3,(H,22,27)(H,23,25,29). The molecule has 0 fully saturated rings. The molecule has 9 nitrogen and oxygen atoms in total. The number of esters is 1. The van der Waals surface area contributed by atoms with Gasteiger partial charge in [0.1, 0.15) is 5.75 Å². The van der Waals surface area contributed by atoms with Crippen LogP contribution in [0.2, 0.25) is 0 Å². The van der Waals surface area contributed by atoms with Gasteiger partial charge in [-0.15, -0.1) is 16.4 Å². The van der Waals surface area contributed by atoms with Crippen molar-refractivity contribution < 1.29 is 19.1 Å². The van der Waals surface area contributed by atoms with Gasteiger partial charge in [-0.05, 0) is 30.3 Å². The number of hydrogen-bond donors (Lipinski definition) is 2. The summed E-state index contributed by atoms with van der Waals surface area (Å²) >= 11 is 1.39. The number of carbonyl (C=O) groups is 3. The molecule has 0 unspecified atom stereocenters. The number of nitrogens with one attached hydrogen (secondary N) is 2. The van der Waals surface area contributed by atoms with Crippen LogP contribution in [0.4, 0.5) is 11.6 Å². The molecule has 0 saturated carbocycles. The SMILES string of the molecule is CC(=O)Nc1ccc(-c2csc3nc(NC(=O)c4cccc(OC(C)=O)c4)nn23)cc1. The van der Waals surface area contributed by atoms with Crippen LogP contribution in [0, 0.1) is 0 Å². The van der Waals surface area contributed by atoms with E-state index in [4.69, 9.17) is 4.74 Å². The van der Waals surface area contributed by atoms with Crippen LogP contribution in [0.5, 0.6) is 5.75 Å². The molecule has 0 atom stereocenters. The van der Waals surface area contributed by atoms with Gasteiger partial charge in [-0.25, -0.2) is 4.52 Å². The fraction of sp³-hybridized carbons (Fsp3) is 0.0952. The third kappa shape index (κ3) is 4.59. The lowest BCUT2D eigenvalue weighted by Gasteiger charge is -2.05. The van der Waals surface area contributed by atoms with Gasteiger partial charge in [0.15, 0.2) is 0 Å². The number of ether oxygens (including phenoxy) is 1. The van der Waals surface area contributed by atoms with Crippen LogP contribution >= 0.6 is 11.3 Å². The van der Waals surface area contributed by atoms with Crippen LogP contribution in [-0.4, -0.2) is 32.4 Å². The van der Waals surface area contributed by atoms with Crippen LogP contribution in [0.25, 0.3) is 16.2 Å². The first-order chi connectivity index (χ1) is 14.9. The summed E-state index contributed by atoms with van der Waals surface area (Å²) in [5, 5.41) is 11.7. The maximum Gasteiger partial charge on any atom is 0.308 e. The van der Waals surface area contributed by atoms with E-state index in [1.54, 1.807) is 34.8 Å². The Balaban J connectivity index is 1.54. The number of benzene rings is 2. The van der Waals surface area contributed by atoms with E-state index < -0.39 is 11.9 Å². The third-order valence-electron chi connectivity index (χ3n) is 4.17. The van der Waals surface area contributed by atoms with Crippen molar-refractivity contribution in [2.45, 2.75) is 13.8 Å². The van der Waals surface area contributed by atoms with E-state index in [9.17, 15) is 14.4 Å². The predicted octanol–water partition coefficient (Wildman–Crippen LogP) is 3.59. The number of fused-ring (bicyclic) bond motifs is 1. The summed E-state index contributed by atoms with van der Waals surface area (Å²) in [7, 11) is 0. The molecule has 2 heterocycles. The van der Waals surface area contributed by atoms with E-state index in [0.717, 1.165) is 11.3 Å². The zero-order chi connectivity index (χ0) is 22.0. The highest BCUT2D eigenvalue weighted by atomic mass is 32.1. The fourth-order valence-corrected chi connectivity index (χ4v) is 3.73. The highest BCUT2D eigenvalue weighted by molar-refractivity contribution is 7.15. The second-order valence-electron chi connectivity index (χ2n) is 6.58. The monoisotopic (exact) mass is 435 g/mol. The third-order valence-corrected chi connectivity index (χ3v) is 4.98.